The predicted molar refractivity (Wildman–Crippen MR) is 174 cm³/mol. The van der Waals surface area contributed by atoms with Gasteiger partial charge in [0.25, 0.3) is 0 Å². The van der Waals surface area contributed by atoms with Crippen LogP contribution in [0.4, 0.5) is 11.4 Å². The fourth-order valence-corrected chi connectivity index (χ4v) is 6.02. The highest BCUT2D eigenvalue weighted by molar-refractivity contribution is 5.92. The van der Waals surface area contributed by atoms with Gasteiger partial charge in [-0.3, -0.25) is 19.2 Å². The van der Waals surface area contributed by atoms with Gasteiger partial charge in [-0.1, -0.05) is 42.8 Å². The Hall–Kier alpha value is -5.12. The molecule has 1 fully saturated rings. The molecule has 236 valence electrons. The summed E-state index contributed by atoms with van der Waals surface area (Å²) in [4.78, 5) is 48.6. The number of para-hydroxylation sites is 2. The Morgan fingerprint density at radius 1 is 0.587 bits per heavy atom. The van der Waals surface area contributed by atoms with Gasteiger partial charge in [0.1, 0.15) is 11.6 Å². The first-order chi connectivity index (χ1) is 22.2. The second-order valence-corrected chi connectivity index (χ2v) is 11.9. The molecule has 2 amide bonds. The van der Waals surface area contributed by atoms with Crippen LogP contribution in [0.5, 0.6) is 0 Å². The minimum Gasteiger partial charge on any atom is -0.326 e. The number of carbonyl (C=O) groups is 4. The molecule has 0 radical (unpaired) electrons. The Labute approximate surface area is 268 Å². The molecule has 1 aliphatic rings. The highest BCUT2D eigenvalue weighted by atomic mass is 16.2. The molecule has 10 nitrogen and oxygen atoms in total. The summed E-state index contributed by atoms with van der Waals surface area (Å²) in [5, 5.41) is 23.3. The third kappa shape index (κ3) is 8.97. The predicted octanol–water partition coefficient (Wildman–Crippen LogP) is 5.33. The fraction of sp³-hybridized carbons (Fsp3) is 0.333. The number of benzene rings is 2. The molecule has 46 heavy (non-hydrogen) atoms. The van der Waals surface area contributed by atoms with E-state index in [2.05, 4.69) is 31.0 Å². The van der Waals surface area contributed by atoms with E-state index in [-0.39, 0.29) is 60.9 Å². The lowest BCUT2D eigenvalue weighted by atomic mass is 9.78. The first-order valence-corrected chi connectivity index (χ1v) is 15.6. The number of Topliss-reactive ketones (excluding diaryl/α,β-unsaturated/α-hetero) is 2. The molecule has 4 aromatic rings. The maximum atomic E-state index is 12.8. The number of anilines is 2. The Bertz CT molecular complexity index is 1580. The third-order valence-electron chi connectivity index (χ3n) is 8.18. The van der Waals surface area contributed by atoms with E-state index in [1.807, 2.05) is 60.7 Å². The second kappa shape index (κ2) is 15.2. The van der Waals surface area contributed by atoms with E-state index in [0.717, 1.165) is 48.2 Å². The molecule has 5 rings (SSSR count). The molecule has 2 aromatic heterocycles. The van der Waals surface area contributed by atoms with Crippen LogP contribution in [0.1, 0.15) is 85.3 Å². The van der Waals surface area contributed by atoms with Gasteiger partial charge in [-0.25, -0.2) is 0 Å². The van der Waals surface area contributed by atoms with E-state index < -0.39 is 0 Å². The second-order valence-electron chi connectivity index (χ2n) is 11.9. The monoisotopic (exact) mass is 618 g/mol. The first-order valence-electron chi connectivity index (χ1n) is 15.6. The standard InChI is InChI=1S/C36H38N6O4/c1-23(43)37-33-12-5-3-8-27(33)19-31(45)21-29-14-16-35(41-39-29)25-10-7-11-26(18-25)36-17-15-30(40-42-36)22-32(46)20-28-9-4-6-13-34(28)38-24(2)44/h3-6,8-9,12-17,25-26H,7,10-11,18-22H2,1-2H3,(H,37,43)(H,38,44)/t25-,26-/m0/s1. The number of ketones is 2. The van der Waals surface area contributed by atoms with Gasteiger partial charge >= 0.3 is 0 Å². The minimum absolute atomic E-state index is 0.00360. The van der Waals surface area contributed by atoms with Gasteiger partial charge in [-0.15, -0.1) is 0 Å². The van der Waals surface area contributed by atoms with Gasteiger partial charge < -0.3 is 10.6 Å². The van der Waals surface area contributed by atoms with Crippen LogP contribution in [0.25, 0.3) is 0 Å². The molecular weight excluding hydrogens is 580 g/mol. The molecule has 1 saturated carbocycles. The lowest BCUT2D eigenvalue weighted by molar-refractivity contribution is -0.118. The number of nitrogens with zero attached hydrogens (tertiary/aromatic N) is 4. The Balaban J connectivity index is 1.14. The van der Waals surface area contributed by atoms with Crippen LogP contribution in [0.2, 0.25) is 0 Å². The number of aromatic nitrogens is 4. The molecule has 2 aromatic carbocycles. The van der Waals surface area contributed by atoms with Crippen LogP contribution in [0, 0.1) is 0 Å². The summed E-state index contributed by atoms with van der Waals surface area (Å²) in [6.07, 6.45) is 4.64. The summed E-state index contributed by atoms with van der Waals surface area (Å²) in [7, 11) is 0. The quantitative estimate of drug-likeness (QED) is 0.217. The van der Waals surface area contributed by atoms with Crippen molar-refractivity contribution >= 4 is 34.8 Å². The summed E-state index contributed by atoms with van der Waals surface area (Å²) in [6, 6.07) is 22.3. The van der Waals surface area contributed by atoms with Crippen LogP contribution in [0.15, 0.2) is 72.8 Å². The molecule has 0 bridgehead atoms. The number of amides is 2. The van der Waals surface area contributed by atoms with Gasteiger partial charge in [0.2, 0.25) is 11.8 Å². The van der Waals surface area contributed by atoms with Crippen molar-refractivity contribution in [3.8, 4) is 0 Å². The zero-order valence-corrected chi connectivity index (χ0v) is 26.2. The fourth-order valence-electron chi connectivity index (χ4n) is 6.02. The molecule has 0 aliphatic heterocycles. The van der Waals surface area contributed by atoms with Crippen molar-refractivity contribution in [2.75, 3.05) is 10.6 Å². The SMILES string of the molecule is CC(=O)Nc1ccccc1CC(=O)Cc1ccc([C@H]2CCC[C@H](c3ccc(CC(=O)Cc4ccccc4NC(C)=O)nn3)C2)nn1. The van der Waals surface area contributed by atoms with Crippen LogP contribution in [-0.4, -0.2) is 43.8 Å². The highest BCUT2D eigenvalue weighted by Gasteiger charge is 2.27. The maximum Gasteiger partial charge on any atom is 0.221 e. The zero-order chi connectivity index (χ0) is 32.5. The van der Waals surface area contributed by atoms with Gasteiger partial charge in [0.05, 0.1) is 35.6 Å². The van der Waals surface area contributed by atoms with E-state index in [4.69, 9.17) is 0 Å². The van der Waals surface area contributed by atoms with E-state index in [9.17, 15) is 19.2 Å². The molecule has 0 unspecified atom stereocenters. The van der Waals surface area contributed by atoms with Crippen molar-refractivity contribution < 1.29 is 19.2 Å². The smallest absolute Gasteiger partial charge is 0.221 e. The van der Waals surface area contributed by atoms with Crippen molar-refractivity contribution in [2.24, 2.45) is 0 Å². The highest BCUT2D eigenvalue weighted by Crippen LogP contribution is 2.39. The summed E-state index contributed by atoms with van der Waals surface area (Å²) in [6.45, 7) is 2.89. The molecule has 0 saturated heterocycles. The number of rotatable bonds is 12. The van der Waals surface area contributed by atoms with Crippen LogP contribution >= 0.6 is 0 Å². The molecule has 2 atom stereocenters. The normalized spacial score (nSPS) is 16.0. The third-order valence-corrected chi connectivity index (χ3v) is 8.18. The largest absolute Gasteiger partial charge is 0.326 e. The number of hydrogen-bond acceptors (Lipinski definition) is 8. The molecule has 1 aliphatic carbocycles. The molecule has 0 spiro atoms. The van der Waals surface area contributed by atoms with Crippen LogP contribution < -0.4 is 10.6 Å². The minimum atomic E-state index is -0.179. The van der Waals surface area contributed by atoms with E-state index in [0.29, 0.717) is 22.8 Å². The lowest BCUT2D eigenvalue weighted by Crippen LogP contribution is -2.17. The Morgan fingerprint density at radius 2 is 1.02 bits per heavy atom. The summed E-state index contributed by atoms with van der Waals surface area (Å²) in [5.74, 6) is 0.0923. The van der Waals surface area contributed by atoms with E-state index in [1.54, 1.807) is 12.1 Å². The van der Waals surface area contributed by atoms with Crippen molar-refractivity contribution in [2.45, 2.75) is 77.0 Å². The van der Waals surface area contributed by atoms with Gasteiger partial charge in [0.15, 0.2) is 0 Å². The Kier molecular flexibility index (Phi) is 10.7. The van der Waals surface area contributed by atoms with Crippen molar-refractivity contribution in [1.82, 2.24) is 20.4 Å². The lowest BCUT2D eigenvalue weighted by Gasteiger charge is -2.28. The average molecular weight is 619 g/mol. The number of nitrogens with one attached hydrogen (secondary N) is 2. The first kappa shape index (κ1) is 32.3. The van der Waals surface area contributed by atoms with Gasteiger partial charge in [-0.2, -0.15) is 20.4 Å². The van der Waals surface area contributed by atoms with Gasteiger partial charge in [0, 0.05) is 49.9 Å². The maximum absolute atomic E-state index is 12.8. The van der Waals surface area contributed by atoms with Crippen LogP contribution in [-0.2, 0) is 44.9 Å². The van der Waals surface area contributed by atoms with E-state index in [1.165, 1.54) is 13.8 Å². The van der Waals surface area contributed by atoms with Gasteiger partial charge in [-0.05, 0) is 66.8 Å². The van der Waals surface area contributed by atoms with Crippen molar-refractivity contribution in [3.05, 3.63) is 107 Å². The summed E-state index contributed by atoms with van der Waals surface area (Å²) >= 11 is 0. The summed E-state index contributed by atoms with van der Waals surface area (Å²) in [5.41, 5.74) is 5.89. The number of carbonyl (C=O) groups excluding carboxylic acids is 4. The Morgan fingerprint density at radius 3 is 1.41 bits per heavy atom. The van der Waals surface area contributed by atoms with Crippen molar-refractivity contribution in [3.63, 3.8) is 0 Å². The van der Waals surface area contributed by atoms with Crippen molar-refractivity contribution in [1.29, 1.82) is 0 Å². The van der Waals surface area contributed by atoms with Crippen LogP contribution in [0.3, 0.4) is 0 Å². The molecular formula is C36H38N6O4. The molecule has 2 heterocycles. The average Bonchev–Trinajstić information content (AvgIpc) is 3.03. The topological polar surface area (TPSA) is 144 Å². The number of hydrogen-bond donors (Lipinski definition) is 2. The molecule has 10 heteroatoms. The molecule has 2 N–H and O–H groups in total. The summed E-state index contributed by atoms with van der Waals surface area (Å²) < 4.78 is 0. The zero-order valence-electron chi connectivity index (χ0n) is 26.2. The van der Waals surface area contributed by atoms with E-state index >= 15 is 0 Å².